The number of benzene rings is 4. The van der Waals surface area contributed by atoms with E-state index >= 15 is 0 Å². The van der Waals surface area contributed by atoms with Crippen LogP contribution < -0.4 is 20.1 Å². The van der Waals surface area contributed by atoms with Crippen LogP contribution in [0, 0.1) is 0 Å². The van der Waals surface area contributed by atoms with Crippen LogP contribution >= 0.6 is 0 Å². The van der Waals surface area contributed by atoms with E-state index in [0.717, 1.165) is 17.7 Å². The number of carboxylic acids is 1. The van der Waals surface area contributed by atoms with Crippen LogP contribution in [0.3, 0.4) is 0 Å². The van der Waals surface area contributed by atoms with Gasteiger partial charge in [-0.05, 0) is 98.0 Å². The average molecular weight is 633 g/mol. The van der Waals surface area contributed by atoms with Gasteiger partial charge in [0.15, 0.2) is 0 Å². The Labute approximate surface area is 263 Å². The number of carboxylic acid groups (broad SMARTS) is 1. The predicted molar refractivity (Wildman–Crippen MR) is 164 cm³/mol. The number of anilines is 1. The lowest BCUT2D eigenvalue weighted by Crippen LogP contribution is -2.39. The molecule has 0 heterocycles. The van der Waals surface area contributed by atoms with Crippen LogP contribution in [0.4, 0.5) is 18.9 Å². The molecule has 2 amide bonds. The number of para-hydroxylation sites is 1. The standard InChI is InChI=1S/C35H31F3N2O6/c36-35(37,38)24-5-3-4-23(21-24)33(42)39-25-10-14-27(15-11-25)46-29-18-16-28(17-19-29)45-26-12-8-22(9-13-26)20-32(41)40-31-7-2-1-6-30(31)34(43)44/h1-9,12-13,16-19,21,25,27H,10-11,14-15,20H2,(H,39,42)(H,40,41)(H,43,44). The van der Waals surface area contributed by atoms with Gasteiger partial charge in [-0.25, -0.2) is 4.79 Å². The molecule has 3 N–H and O–H groups in total. The third kappa shape index (κ3) is 8.65. The maximum absolute atomic E-state index is 13.0. The zero-order valence-corrected chi connectivity index (χ0v) is 24.6. The van der Waals surface area contributed by atoms with Crippen molar-refractivity contribution in [2.45, 2.75) is 50.4 Å². The lowest BCUT2D eigenvalue weighted by molar-refractivity contribution is -0.137. The van der Waals surface area contributed by atoms with Crippen LogP contribution in [0.25, 0.3) is 0 Å². The van der Waals surface area contributed by atoms with Crippen molar-refractivity contribution in [1.82, 2.24) is 5.32 Å². The first-order valence-electron chi connectivity index (χ1n) is 14.7. The van der Waals surface area contributed by atoms with Gasteiger partial charge in [-0.3, -0.25) is 9.59 Å². The number of carbonyl (C=O) groups excluding carboxylic acids is 2. The molecule has 238 valence electrons. The molecule has 11 heteroatoms. The van der Waals surface area contributed by atoms with Crippen molar-refractivity contribution in [3.63, 3.8) is 0 Å². The number of aromatic carboxylic acids is 1. The molecule has 0 atom stereocenters. The van der Waals surface area contributed by atoms with Gasteiger partial charge in [-0.1, -0.05) is 30.3 Å². The van der Waals surface area contributed by atoms with E-state index in [4.69, 9.17) is 9.47 Å². The number of hydrogen-bond acceptors (Lipinski definition) is 5. The summed E-state index contributed by atoms with van der Waals surface area (Å²) in [6.07, 6.45) is -1.86. The molecule has 0 aromatic heterocycles. The third-order valence-corrected chi connectivity index (χ3v) is 7.54. The van der Waals surface area contributed by atoms with E-state index in [1.165, 1.54) is 24.3 Å². The minimum absolute atomic E-state index is 0.0175. The molecule has 4 aromatic carbocycles. The van der Waals surface area contributed by atoms with E-state index < -0.39 is 23.6 Å². The van der Waals surface area contributed by atoms with Crippen LogP contribution in [0.5, 0.6) is 17.2 Å². The minimum atomic E-state index is -4.51. The number of ether oxygens (including phenoxy) is 2. The SMILES string of the molecule is O=C(Cc1ccc(Oc2ccc(OC3CCC(NC(=O)c4cccc(C(F)(F)F)c4)CC3)cc2)cc1)Nc1ccccc1C(=O)O. The van der Waals surface area contributed by atoms with Gasteiger partial charge in [0.2, 0.25) is 5.91 Å². The normalized spacial score (nSPS) is 16.2. The van der Waals surface area contributed by atoms with Gasteiger partial charge in [0.05, 0.1) is 29.3 Å². The topological polar surface area (TPSA) is 114 Å². The summed E-state index contributed by atoms with van der Waals surface area (Å²) in [6, 6.07) is 24.6. The van der Waals surface area contributed by atoms with Crippen molar-refractivity contribution < 1.29 is 42.1 Å². The Bertz CT molecular complexity index is 1680. The van der Waals surface area contributed by atoms with Gasteiger partial charge in [-0.2, -0.15) is 13.2 Å². The summed E-state index contributed by atoms with van der Waals surface area (Å²) in [5.41, 5.74) is 0.110. The molecule has 8 nitrogen and oxygen atoms in total. The van der Waals surface area contributed by atoms with Crippen LogP contribution in [-0.4, -0.2) is 35.0 Å². The average Bonchev–Trinajstić information content (AvgIpc) is 3.03. The van der Waals surface area contributed by atoms with Crippen LogP contribution in [-0.2, 0) is 17.4 Å². The minimum Gasteiger partial charge on any atom is -0.490 e. The Morgan fingerprint density at radius 3 is 2.07 bits per heavy atom. The third-order valence-electron chi connectivity index (χ3n) is 7.54. The molecule has 0 bridgehead atoms. The second kappa shape index (κ2) is 14.2. The zero-order valence-electron chi connectivity index (χ0n) is 24.6. The quantitative estimate of drug-likeness (QED) is 0.167. The van der Waals surface area contributed by atoms with E-state index in [1.807, 2.05) is 0 Å². The fourth-order valence-electron chi connectivity index (χ4n) is 5.18. The Hall–Kier alpha value is -5.32. The maximum Gasteiger partial charge on any atom is 0.416 e. The molecule has 0 aliphatic heterocycles. The van der Waals surface area contributed by atoms with E-state index in [2.05, 4.69) is 10.6 Å². The molecule has 5 rings (SSSR count). The molecule has 4 aromatic rings. The highest BCUT2D eigenvalue weighted by molar-refractivity contribution is 6.01. The fraction of sp³-hybridized carbons (Fsp3) is 0.229. The van der Waals surface area contributed by atoms with Crippen molar-refractivity contribution in [3.8, 4) is 17.2 Å². The Morgan fingerprint density at radius 1 is 0.783 bits per heavy atom. The molecule has 0 unspecified atom stereocenters. The monoisotopic (exact) mass is 632 g/mol. The Kier molecular flexibility index (Phi) is 9.90. The van der Waals surface area contributed by atoms with Gasteiger partial charge < -0.3 is 25.2 Å². The van der Waals surface area contributed by atoms with Crippen LogP contribution in [0.2, 0.25) is 0 Å². The van der Waals surface area contributed by atoms with Crippen molar-refractivity contribution >= 4 is 23.5 Å². The molecule has 1 saturated carbocycles. The molecular weight excluding hydrogens is 601 g/mol. The van der Waals surface area contributed by atoms with E-state index in [9.17, 15) is 32.7 Å². The first-order chi connectivity index (χ1) is 22.0. The van der Waals surface area contributed by atoms with E-state index in [1.54, 1.807) is 60.7 Å². The van der Waals surface area contributed by atoms with Crippen molar-refractivity contribution in [3.05, 3.63) is 119 Å². The van der Waals surface area contributed by atoms with Gasteiger partial charge >= 0.3 is 12.1 Å². The molecular formula is C35H31F3N2O6. The number of alkyl halides is 3. The summed E-state index contributed by atoms with van der Waals surface area (Å²) < 4.78 is 51.0. The second-order valence-corrected chi connectivity index (χ2v) is 10.9. The number of nitrogens with one attached hydrogen (secondary N) is 2. The molecule has 1 aliphatic rings. The van der Waals surface area contributed by atoms with Crippen molar-refractivity contribution in [1.29, 1.82) is 0 Å². The van der Waals surface area contributed by atoms with Gasteiger partial charge in [-0.15, -0.1) is 0 Å². The number of hydrogen-bond donors (Lipinski definition) is 3. The molecule has 0 spiro atoms. The summed E-state index contributed by atoms with van der Waals surface area (Å²) in [4.78, 5) is 36.3. The molecule has 1 aliphatic carbocycles. The molecule has 0 saturated heterocycles. The first kappa shape index (κ1) is 32.1. The van der Waals surface area contributed by atoms with Crippen molar-refractivity contribution in [2.24, 2.45) is 0 Å². The molecule has 1 fully saturated rings. The number of amides is 2. The second-order valence-electron chi connectivity index (χ2n) is 10.9. The van der Waals surface area contributed by atoms with E-state index in [0.29, 0.717) is 42.9 Å². The summed E-state index contributed by atoms with van der Waals surface area (Å²) >= 11 is 0. The predicted octanol–water partition coefficient (Wildman–Crippen LogP) is 7.50. The highest BCUT2D eigenvalue weighted by Gasteiger charge is 2.31. The smallest absolute Gasteiger partial charge is 0.416 e. The zero-order chi connectivity index (χ0) is 32.7. The summed E-state index contributed by atoms with van der Waals surface area (Å²) in [7, 11) is 0. The van der Waals surface area contributed by atoms with Gasteiger partial charge in [0.1, 0.15) is 17.2 Å². The van der Waals surface area contributed by atoms with Crippen LogP contribution in [0.15, 0.2) is 97.1 Å². The Balaban J connectivity index is 1.06. The van der Waals surface area contributed by atoms with Crippen LogP contribution in [0.1, 0.15) is 57.5 Å². The Morgan fingerprint density at radius 2 is 1.41 bits per heavy atom. The lowest BCUT2D eigenvalue weighted by Gasteiger charge is -2.29. The van der Waals surface area contributed by atoms with E-state index in [-0.39, 0.29) is 41.3 Å². The molecule has 46 heavy (non-hydrogen) atoms. The van der Waals surface area contributed by atoms with Gasteiger partial charge in [0.25, 0.3) is 5.91 Å². The number of halogens is 3. The maximum atomic E-state index is 13.0. The number of carbonyl (C=O) groups is 3. The summed E-state index contributed by atoms with van der Waals surface area (Å²) in [5, 5.41) is 14.8. The van der Waals surface area contributed by atoms with Crippen molar-refractivity contribution in [2.75, 3.05) is 5.32 Å². The fourth-order valence-corrected chi connectivity index (χ4v) is 5.18. The largest absolute Gasteiger partial charge is 0.490 e. The highest BCUT2D eigenvalue weighted by Crippen LogP contribution is 2.30. The summed E-state index contributed by atoms with van der Waals surface area (Å²) in [5.74, 6) is -0.168. The first-order valence-corrected chi connectivity index (χ1v) is 14.7. The molecule has 0 radical (unpaired) electrons. The number of rotatable bonds is 10. The lowest BCUT2D eigenvalue weighted by atomic mass is 9.92. The van der Waals surface area contributed by atoms with Gasteiger partial charge in [0, 0.05) is 11.6 Å². The highest BCUT2D eigenvalue weighted by atomic mass is 19.4. The summed E-state index contributed by atoms with van der Waals surface area (Å²) in [6.45, 7) is 0.